The molecule has 1 aliphatic rings. The molecule has 0 amide bonds. The molecule has 8 nitrogen and oxygen atoms in total. The van der Waals surface area contributed by atoms with Gasteiger partial charge < -0.3 is 24.6 Å². The Morgan fingerprint density at radius 1 is 1.30 bits per heavy atom. The lowest BCUT2D eigenvalue weighted by Gasteiger charge is -2.12. The molecule has 156 valence electrons. The molecule has 1 aromatic heterocycles. The van der Waals surface area contributed by atoms with Gasteiger partial charge in [-0.2, -0.15) is 4.98 Å². The number of nitrogens with zero attached hydrogens (tertiary/aromatic N) is 3. The molecule has 2 heterocycles. The van der Waals surface area contributed by atoms with Crippen LogP contribution in [0.1, 0.15) is 50.7 Å². The van der Waals surface area contributed by atoms with E-state index in [0.29, 0.717) is 17.7 Å². The average molecular weight is 495 g/mol. The Labute approximate surface area is 179 Å². The van der Waals surface area contributed by atoms with E-state index in [1.165, 1.54) is 0 Å². The molecule has 1 unspecified atom stereocenters. The summed E-state index contributed by atoms with van der Waals surface area (Å²) in [6, 6.07) is 0. The van der Waals surface area contributed by atoms with Gasteiger partial charge in [-0.1, -0.05) is 19.0 Å². The summed E-state index contributed by atoms with van der Waals surface area (Å²) in [5.74, 6) is 3.15. The molecule has 0 aromatic carbocycles. The highest BCUT2D eigenvalue weighted by Gasteiger charge is 2.15. The van der Waals surface area contributed by atoms with E-state index in [2.05, 4.69) is 39.6 Å². The van der Waals surface area contributed by atoms with Crippen molar-refractivity contribution in [2.45, 2.75) is 45.4 Å². The van der Waals surface area contributed by atoms with Crippen molar-refractivity contribution in [3.8, 4) is 0 Å². The molecule has 0 spiro atoms. The monoisotopic (exact) mass is 495 g/mol. The van der Waals surface area contributed by atoms with Gasteiger partial charge in [-0.05, 0) is 19.3 Å². The minimum absolute atomic E-state index is 0. The number of rotatable bonds is 11. The summed E-state index contributed by atoms with van der Waals surface area (Å²) < 4.78 is 16.3. The van der Waals surface area contributed by atoms with Gasteiger partial charge in [-0.3, -0.25) is 4.99 Å². The highest BCUT2D eigenvalue weighted by Crippen LogP contribution is 2.12. The third kappa shape index (κ3) is 9.70. The number of aliphatic imine (C=N–C) groups is 1. The molecule has 0 aliphatic carbocycles. The predicted octanol–water partition coefficient (Wildman–Crippen LogP) is 2.35. The Balaban J connectivity index is 0.00000364. The van der Waals surface area contributed by atoms with E-state index in [1.54, 1.807) is 7.05 Å². The molecular weight excluding hydrogens is 461 g/mol. The quantitative estimate of drug-likeness (QED) is 0.211. The van der Waals surface area contributed by atoms with Crippen LogP contribution < -0.4 is 10.6 Å². The first-order valence-electron chi connectivity index (χ1n) is 9.61. The maximum Gasteiger partial charge on any atom is 0.226 e. The average Bonchev–Trinajstić information content (AvgIpc) is 3.31. The molecule has 0 saturated carbocycles. The summed E-state index contributed by atoms with van der Waals surface area (Å²) in [6.45, 7) is 9.04. The van der Waals surface area contributed by atoms with Crippen LogP contribution in [-0.2, 0) is 15.9 Å². The van der Waals surface area contributed by atoms with Crippen LogP contribution in [0.5, 0.6) is 0 Å². The molecule has 2 N–H and O–H groups in total. The summed E-state index contributed by atoms with van der Waals surface area (Å²) in [6.07, 6.45) is 3.75. The summed E-state index contributed by atoms with van der Waals surface area (Å²) in [7, 11) is 1.78. The third-order valence-electron chi connectivity index (χ3n) is 4.22. The molecule has 9 heteroatoms. The second kappa shape index (κ2) is 14.1. The van der Waals surface area contributed by atoms with Crippen LogP contribution >= 0.6 is 24.0 Å². The Bertz CT molecular complexity index is 533. The summed E-state index contributed by atoms with van der Waals surface area (Å²) >= 11 is 0. The maximum absolute atomic E-state index is 5.70. The van der Waals surface area contributed by atoms with Crippen molar-refractivity contribution in [1.29, 1.82) is 0 Å². The highest BCUT2D eigenvalue weighted by molar-refractivity contribution is 14.0. The van der Waals surface area contributed by atoms with Crippen LogP contribution in [0.15, 0.2) is 9.52 Å². The Morgan fingerprint density at radius 3 is 2.70 bits per heavy atom. The van der Waals surface area contributed by atoms with Gasteiger partial charge >= 0.3 is 0 Å². The van der Waals surface area contributed by atoms with Crippen LogP contribution in [0.2, 0.25) is 0 Å². The van der Waals surface area contributed by atoms with E-state index in [-0.39, 0.29) is 24.0 Å². The molecule has 1 fully saturated rings. The molecule has 27 heavy (non-hydrogen) atoms. The zero-order valence-corrected chi connectivity index (χ0v) is 19.0. The topological polar surface area (TPSA) is 93.8 Å². The van der Waals surface area contributed by atoms with Gasteiger partial charge in [0, 0.05) is 51.6 Å². The Morgan fingerprint density at radius 2 is 2.07 bits per heavy atom. The highest BCUT2D eigenvalue weighted by atomic mass is 127. The zero-order chi connectivity index (χ0) is 18.6. The van der Waals surface area contributed by atoms with Crippen LogP contribution in [0.3, 0.4) is 0 Å². The van der Waals surface area contributed by atoms with Gasteiger partial charge in [0.1, 0.15) is 0 Å². The van der Waals surface area contributed by atoms with Crippen LogP contribution in [0.25, 0.3) is 0 Å². The lowest BCUT2D eigenvalue weighted by atomic mass is 10.1. The van der Waals surface area contributed by atoms with Crippen LogP contribution in [-0.4, -0.2) is 62.7 Å². The number of hydrogen-bond donors (Lipinski definition) is 2. The first-order valence-corrected chi connectivity index (χ1v) is 9.61. The normalized spacial score (nSPS) is 17.2. The van der Waals surface area contributed by atoms with Gasteiger partial charge in [0.25, 0.3) is 0 Å². The summed E-state index contributed by atoms with van der Waals surface area (Å²) in [5, 5.41) is 10.6. The minimum Gasteiger partial charge on any atom is -0.381 e. The predicted molar refractivity (Wildman–Crippen MR) is 116 cm³/mol. The van der Waals surface area contributed by atoms with Crippen LogP contribution in [0.4, 0.5) is 0 Å². The number of hydrogen-bond acceptors (Lipinski definition) is 6. The standard InChI is InChI=1S/C18H33N5O3.HI/c1-14(2)17-22-16(26-23-17)6-4-8-20-18(19-3)21-9-5-10-24-12-15-7-11-25-13-15;/h14-15H,4-13H2,1-3H3,(H2,19,20,21);1H. The lowest BCUT2D eigenvalue weighted by molar-refractivity contribution is 0.0888. The fraction of sp³-hybridized carbons (Fsp3) is 0.833. The second-order valence-electron chi connectivity index (χ2n) is 6.89. The van der Waals surface area contributed by atoms with Crippen molar-refractivity contribution in [2.75, 3.05) is 46.6 Å². The van der Waals surface area contributed by atoms with E-state index < -0.39 is 0 Å². The molecule has 1 atom stereocenters. The van der Waals surface area contributed by atoms with Crippen molar-refractivity contribution in [1.82, 2.24) is 20.8 Å². The first-order chi connectivity index (χ1) is 12.7. The van der Waals surface area contributed by atoms with Crippen molar-refractivity contribution in [3.63, 3.8) is 0 Å². The zero-order valence-electron chi connectivity index (χ0n) is 16.7. The summed E-state index contributed by atoms with van der Waals surface area (Å²) in [4.78, 5) is 8.61. The first kappa shape index (κ1) is 24.1. The SMILES string of the molecule is CN=C(NCCCOCC1CCOC1)NCCCc1nc(C(C)C)no1.I. The molecule has 1 aliphatic heterocycles. The number of halogens is 1. The van der Waals surface area contributed by atoms with Gasteiger partial charge in [0.2, 0.25) is 5.89 Å². The van der Waals surface area contributed by atoms with E-state index in [0.717, 1.165) is 77.0 Å². The van der Waals surface area contributed by atoms with Crippen molar-refractivity contribution >= 4 is 29.9 Å². The summed E-state index contributed by atoms with van der Waals surface area (Å²) in [5.41, 5.74) is 0. The second-order valence-corrected chi connectivity index (χ2v) is 6.89. The third-order valence-corrected chi connectivity index (χ3v) is 4.22. The van der Waals surface area contributed by atoms with Gasteiger partial charge in [0.05, 0.1) is 13.2 Å². The molecule has 1 saturated heterocycles. The van der Waals surface area contributed by atoms with Gasteiger partial charge in [-0.25, -0.2) is 0 Å². The van der Waals surface area contributed by atoms with E-state index in [9.17, 15) is 0 Å². The molecular formula is C18H34IN5O3. The fourth-order valence-corrected chi connectivity index (χ4v) is 2.62. The smallest absolute Gasteiger partial charge is 0.226 e. The van der Waals surface area contributed by atoms with Crippen molar-refractivity contribution in [2.24, 2.45) is 10.9 Å². The van der Waals surface area contributed by atoms with Gasteiger partial charge in [-0.15, -0.1) is 24.0 Å². The number of aryl methyl sites for hydroxylation is 1. The van der Waals surface area contributed by atoms with Crippen molar-refractivity contribution < 1.29 is 14.0 Å². The fourth-order valence-electron chi connectivity index (χ4n) is 2.62. The Hall–Kier alpha value is -0.940. The van der Waals surface area contributed by atoms with E-state index in [4.69, 9.17) is 14.0 Å². The number of ether oxygens (including phenoxy) is 2. The number of aromatic nitrogens is 2. The van der Waals surface area contributed by atoms with Crippen molar-refractivity contribution in [3.05, 3.63) is 11.7 Å². The van der Waals surface area contributed by atoms with E-state index >= 15 is 0 Å². The minimum atomic E-state index is 0. The maximum atomic E-state index is 5.70. The number of nitrogens with one attached hydrogen (secondary N) is 2. The largest absolute Gasteiger partial charge is 0.381 e. The molecule has 0 radical (unpaired) electrons. The molecule has 0 bridgehead atoms. The number of guanidine groups is 1. The van der Waals surface area contributed by atoms with E-state index in [1.807, 2.05) is 0 Å². The van der Waals surface area contributed by atoms with Crippen LogP contribution in [0, 0.1) is 5.92 Å². The molecule has 2 rings (SSSR count). The Kier molecular flexibility index (Phi) is 12.6. The lowest BCUT2D eigenvalue weighted by Crippen LogP contribution is -2.38. The van der Waals surface area contributed by atoms with Gasteiger partial charge in [0.15, 0.2) is 11.8 Å². The molecule has 1 aromatic rings.